The molecule has 0 amide bonds. The molecule has 114 valence electrons. The van der Waals surface area contributed by atoms with Gasteiger partial charge in [0.15, 0.2) is 4.77 Å². The van der Waals surface area contributed by atoms with Crippen molar-refractivity contribution in [2.75, 3.05) is 13.6 Å². The van der Waals surface area contributed by atoms with Gasteiger partial charge in [0.25, 0.3) is 5.56 Å². The maximum absolute atomic E-state index is 12.8. The molecule has 0 bridgehead atoms. The van der Waals surface area contributed by atoms with E-state index >= 15 is 0 Å². The van der Waals surface area contributed by atoms with Crippen molar-refractivity contribution in [3.05, 3.63) is 25.6 Å². The molecule has 1 aliphatic heterocycles. The number of nitrogens with one attached hydrogen (secondary N) is 1. The summed E-state index contributed by atoms with van der Waals surface area (Å²) in [5.74, 6) is 0. The molecule has 0 spiro atoms. The average Bonchev–Trinajstić information content (AvgIpc) is 2.72. The van der Waals surface area contributed by atoms with Crippen LogP contribution in [0.15, 0.2) is 4.79 Å². The maximum atomic E-state index is 12.8. The molecule has 0 aromatic carbocycles. The lowest BCUT2D eigenvalue weighted by Crippen LogP contribution is -2.41. The van der Waals surface area contributed by atoms with Gasteiger partial charge >= 0.3 is 0 Å². The zero-order chi connectivity index (χ0) is 15.1. The van der Waals surface area contributed by atoms with E-state index in [4.69, 9.17) is 12.2 Å². The highest BCUT2D eigenvalue weighted by molar-refractivity contribution is 7.71. The first-order valence-electron chi connectivity index (χ1n) is 7.42. The average molecular weight is 323 g/mol. The van der Waals surface area contributed by atoms with Gasteiger partial charge in [-0.1, -0.05) is 6.42 Å². The Morgan fingerprint density at radius 1 is 1.38 bits per heavy atom. The largest absolute Gasteiger partial charge is 0.323 e. The summed E-state index contributed by atoms with van der Waals surface area (Å²) in [4.78, 5) is 20.5. The zero-order valence-corrected chi connectivity index (χ0v) is 14.4. The van der Waals surface area contributed by atoms with Crippen molar-refractivity contribution >= 4 is 33.8 Å². The molecule has 1 N–H and O–H groups in total. The van der Waals surface area contributed by atoms with Gasteiger partial charge in [-0.15, -0.1) is 11.3 Å². The van der Waals surface area contributed by atoms with Crippen LogP contribution in [0.3, 0.4) is 0 Å². The highest BCUT2D eigenvalue weighted by Gasteiger charge is 2.21. The van der Waals surface area contributed by atoms with Crippen LogP contribution in [0.5, 0.6) is 0 Å². The second kappa shape index (κ2) is 5.66. The lowest BCUT2D eigenvalue weighted by atomic mass is 10.0. The molecule has 3 heterocycles. The lowest BCUT2D eigenvalue weighted by molar-refractivity contribution is 0.165. The van der Waals surface area contributed by atoms with Gasteiger partial charge in [0.1, 0.15) is 4.83 Å². The molecule has 3 rings (SSSR count). The Balaban J connectivity index is 2.08. The molecule has 6 heteroatoms. The number of aromatic nitrogens is 2. The highest BCUT2D eigenvalue weighted by Crippen LogP contribution is 2.26. The minimum Gasteiger partial charge on any atom is -0.323 e. The number of piperidine rings is 1. The van der Waals surface area contributed by atoms with Crippen LogP contribution in [0.4, 0.5) is 0 Å². The topological polar surface area (TPSA) is 41.0 Å². The number of H-pyrrole nitrogens is 1. The fraction of sp³-hybridized carbons (Fsp3) is 0.600. The Morgan fingerprint density at radius 2 is 2.14 bits per heavy atom. The Labute approximate surface area is 133 Å². The van der Waals surface area contributed by atoms with Crippen LogP contribution < -0.4 is 5.56 Å². The molecular formula is C15H21N3OS2. The van der Waals surface area contributed by atoms with E-state index in [0.29, 0.717) is 17.4 Å². The Bertz CT molecular complexity index is 787. The monoisotopic (exact) mass is 323 g/mol. The van der Waals surface area contributed by atoms with Gasteiger partial charge in [-0.05, 0) is 58.1 Å². The SMILES string of the molecule is Cc1sc2[nH]c(=S)n(CC3CCCCN3C)c(=O)c2c1C. The van der Waals surface area contributed by atoms with E-state index in [1.165, 1.54) is 17.7 Å². The first kappa shape index (κ1) is 14.9. The van der Waals surface area contributed by atoms with Crippen molar-refractivity contribution in [1.29, 1.82) is 0 Å². The van der Waals surface area contributed by atoms with Crippen LogP contribution >= 0.6 is 23.6 Å². The van der Waals surface area contributed by atoms with Crippen LogP contribution in [0.1, 0.15) is 29.7 Å². The summed E-state index contributed by atoms with van der Waals surface area (Å²) in [6, 6.07) is 0.407. The lowest BCUT2D eigenvalue weighted by Gasteiger charge is -2.32. The minimum atomic E-state index is 0.0644. The van der Waals surface area contributed by atoms with Crippen LogP contribution in [0.2, 0.25) is 0 Å². The molecular weight excluding hydrogens is 302 g/mol. The molecule has 0 radical (unpaired) electrons. The minimum absolute atomic E-state index is 0.0644. The van der Waals surface area contributed by atoms with Crippen molar-refractivity contribution in [2.24, 2.45) is 0 Å². The summed E-state index contributed by atoms with van der Waals surface area (Å²) < 4.78 is 2.30. The number of aryl methyl sites for hydroxylation is 2. The van der Waals surface area contributed by atoms with Gasteiger partial charge in [-0.2, -0.15) is 0 Å². The Kier molecular flexibility index (Phi) is 4.03. The second-order valence-electron chi connectivity index (χ2n) is 5.96. The Hall–Kier alpha value is -0.980. The molecule has 1 unspecified atom stereocenters. The maximum Gasteiger partial charge on any atom is 0.263 e. The third kappa shape index (κ3) is 2.60. The smallest absolute Gasteiger partial charge is 0.263 e. The van der Waals surface area contributed by atoms with Gasteiger partial charge in [0, 0.05) is 17.5 Å². The van der Waals surface area contributed by atoms with Crippen molar-refractivity contribution in [3.8, 4) is 0 Å². The van der Waals surface area contributed by atoms with Crippen molar-refractivity contribution in [3.63, 3.8) is 0 Å². The van der Waals surface area contributed by atoms with Gasteiger partial charge < -0.3 is 9.88 Å². The van der Waals surface area contributed by atoms with Crippen molar-refractivity contribution in [1.82, 2.24) is 14.5 Å². The fourth-order valence-corrected chi connectivity index (χ4v) is 4.49. The van der Waals surface area contributed by atoms with E-state index in [0.717, 1.165) is 28.7 Å². The van der Waals surface area contributed by atoms with Crippen LogP contribution in [-0.2, 0) is 6.54 Å². The van der Waals surface area contributed by atoms with E-state index in [9.17, 15) is 4.79 Å². The summed E-state index contributed by atoms with van der Waals surface area (Å²) in [5, 5.41) is 0.810. The van der Waals surface area contributed by atoms with Gasteiger partial charge in [0.05, 0.1) is 5.39 Å². The number of aromatic amines is 1. The predicted octanol–water partition coefficient (Wildman–Crippen LogP) is 3.22. The summed E-state index contributed by atoms with van der Waals surface area (Å²) in [5.41, 5.74) is 1.14. The number of thiophene rings is 1. The standard InChI is InChI=1S/C15H21N3OS2/c1-9-10(2)21-13-12(9)14(19)18(15(20)16-13)8-11-6-4-5-7-17(11)3/h11H,4-8H2,1-3H3,(H,16,20). The quantitative estimate of drug-likeness (QED) is 0.863. The molecule has 1 saturated heterocycles. The summed E-state index contributed by atoms with van der Waals surface area (Å²) in [6.07, 6.45) is 3.62. The van der Waals surface area contributed by atoms with Crippen molar-refractivity contribution < 1.29 is 0 Å². The summed E-state index contributed by atoms with van der Waals surface area (Å²) in [6.45, 7) is 5.86. The fourth-order valence-electron chi connectivity index (χ4n) is 3.12. The summed E-state index contributed by atoms with van der Waals surface area (Å²) in [7, 11) is 2.14. The van der Waals surface area contributed by atoms with Gasteiger partial charge in [-0.3, -0.25) is 9.36 Å². The van der Waals surface area contributed by atoms with Crippen LogP contribution in [-0.4, -0.2) is 34.1 Å². The number of rotatable bonds is 2. The number of fused-ring (bicyclic) bond motifs is 1. The third-order valence-corrected chi connectivity index (χ3v) is 6.07. The second-order valence-corrected chi connectivity index (χ2v) is 7.57. The molecule has 21 heavy (non-hydrogen) atoms. The van der Waals surface area contributed by atoms with E-state index in [1.54, 1.807) is 15.9 Å². The van der Waals surface area contributed by atoms with Gasteiger partial charge in [0.2, 0.25) is 0 Å². The zero-order valence-electron chi connectivity index (χ0n) is 12.7. The molecule has 2 aromatic rings. The molecule has 1 aliphatic rings. The number of hydrogen-bond donors (Lipinski definition) is 1. The summed E-state index contributed by atoms with van der Waals surface area (Å²) >= 11 is 7.04. The molecule has 1 fully saturated rings. The van der Waals surface area contributed by atoms with Crippen LogP contribution in [0, 0.1) is 18.6 Å². The molecule has 0 saturated carbocycles. The first-order valence-corrected chi connectivity index (χ1v) is 8.64. The van der Waals surface area contributed by atoms with E-state index in [1.807, 2.05) is 6.92 Å². The molecule has 0 aliphatic carbocycles. The first-order chi connectivity index (χ1) is 9.99. The highest BCUT2D eigenvalue weighted by atomic mass is 32.1. The third-order valence-electron chi connectivity index (χ3n) is 4.62. The van der Waals surface area contributed by atoms with E-state index < -0.39 is 0 Å². The van der Waals surface area contributed by atoms with Crippen LogP contribution in [0.25, 0.3) is 10.2 Å². The molecule has 1 atom stereocenters. The molecule has 4 nitrogen and oxygen atoms in total. The van der Waals surface area contributed by atoms with E-state index in [-0.39, 0.29) is 5.56 Å². The molecule has 2 aromatic heterocycles. The van der Waals surface area contributed by atoms with Gasteiger partial charge in [-0.25, -0.2) is 0 Å². The van der Waals surface area contributed by atoms with Crippen molar-refractivity contribution in [2.45, 2.75) is 45.7 Å². The van der Waals surface area contributed by atoms with E-state index in [2.05, 4.69) is 23.9 Å². The number of nitrogens with zero attached hydrogens (tertiary/aromatic N) is 2. The number of hydrogen-bond acceptors (Lipinski definition) is 4. The predicted molar refractivity (Wildman–Crippen MR) is 91.0 cm³/mol. The Morgan fingerprint density at radius 3 is 2.86 bits per heavy atom. The number of likely N-dealkylation sites (N-methyl/N-ethyl adjacent to an activating group) is 1. The number of likely N-dealkylation sites (tertiary alicyclic amines) is 1. The normalized spacial score (nSPS) is 20.2.